The molecule has 0 aliphatic heterocycles. The Balaban J connectivity index is 2.69. The minimum absolute atomic E-state index is 0.0512. The van der Waals surface area contributed by atoms with Gasteiger partial charge in [-0.3, -0.25) is 0 Å². The van der Waals surface area contributed by atoms with Crippen molar-refractivity contribution in [2.45, 2.75) is 4.90 Å². The maximum atomic E-state index is 11.6. The van der Waals surface area contributed by atoms with E-state index in [0.717, 1.165) is 0 Å². The number of rotatable bonds is 1. The van der Waals surface area contributed by atoms with Crippen LogP contribution in [0.1, 0.15) is 0 Å². The van der Waals surface area contributed by atoms with Crippen molar-refractivity contribution in [3.8, 4) is 0 Å². The van der Waals surface area contributed by atoms with Gasteiger partial charge in [0.1, 0.15) is 4.90 Å². The molecular weight excluding hydrogens is 292 g/mol. The van der Waals surface area contributed by atoms with Gasteiger partial charge in [-0.25, -0.2) is 18.2 Å². The first kappa shape index (κ1) is 12.2. The molecule has 0 aliphatic carbocycles. The van der Waals surface area contributed by atoms with Crippen LogP contribution in [0, 0.1) is 0 Å². The molecule has 0 bridgehead atoms. The van der Waals surface area contributed by atoms with E-state index in [-0.39, 0.29) is 10.4 Å². The lowest BCUT2D eigenvalue weighted by Crippen LogP contribution is -2.01. The summed E-state index contributed by atoms with van der Waals surface area (Å²) in [4.78, 5) is 15.5. The van der Waals surface area contributed by atoms with Gasteiger partial charge < -0.3 is 8.98 Å². The highest BCUT2D eigenvalue weighted by Crippen LogP contribution is 2.31. The normalized spacial score (nSPS) is 12.3. The zero-order valence-electron chi connectivity index (χ0n) is 9.62. The van der Waals surface area contributed by atoms with Crippen LogP contribution in [0.4, 0.5) is 0 Å². The smallest absolute Gasteiger partial charge is 0.362 e. The third-order valence-electron chi connectivity index (χ3n) is 2.90. The summed E-state index contributed by atoms with van der Waals surface area (Å²) in [5, 5.41) is 0.768. The van der Waals surface area contributed by atoms with Gasteiger partial charge in [0.2, 0.25) is 0 Å². The highest BCUT2D eigenvalue weighted by atomic mass is 35.7. The first-order valence-electron chi connectivity index (χ1n) is 5.20. The number of fused-ring (bicyclic) bond motifs is 3. The number of halogens is 1. The van der Waals surface area contributed by atoms with Crippen molar-refractivity contribution >= 4 is 41.5 Å². The van der Waals surface area contributed by atoms with Crippen LogP contribution >= 0.6 is 10.7 Å². The molecule has 0 atom stereocenters. The van der Waals surface area contributed by atoms with E-state index in [9.17, 15) is 13.2 Å². The Bertz CT molecular complexity index is 971. The van der Waals surface area contributed by atoms with Crippen molar-refractivity contribution in [2.24, 2.45) is 7.05 Å². The molecule has 0 unspecified atom stereocenters. The van der Waals surface area contributed by atoms with E-state index in [1.165, 1.54) is 24.7 Å². The molecule has 0 saturated heterocycles. The van der Waals surface area contributed by atoms with Crippen molar-refractivity contribution < 1.29 is 12.8 Å². The summed E-state index contributed by atoms with van der Waals surface area (Å²) in [6, 6.07) is 1.50. The lowest BCUT2D eigenvalue weighted by atomic mass is 10.2. The topological polar surface area (TPSA) is 82.2 Å². The van der Waals surface area contributed by atoms with E-state index in [0.29, 0.717) is 16.3 Å². The van der Waals surface area contributed by atoms with Crippen molar-refractivity contribution in [3.05, 3.63) is 35.1 Å². The molecule has 3 aromatic rings. The molecule has 19 heavy (non-hydrogen) atoms. The SMILES string of the molecule is Cn1cc(S(=O)(=O)Cl)c2c3ccoc(=O)c3ncc21. The van der Waals surface area contributed by atoms with Gasteiger partial charge in [-0.1, -0.05) is 0 Å². The Labute approximate surface area is 111 Å². The Morgan fingerprint density at radius 1 is 1.42 bits per heavy atom. The highest BCUT2D eigenvalue weighted by Gasteiger charge is 2.21. The van der Waals surface area contributed by atoms with Crippen LogP contribution in [-0.4, -0.2) is 18.0 Å². The van der Waals surface area contributed by atoms with Crippen LogP contribution in [0.2, 0.25) is 0 Å². The van der Waals surface area contributed by atoms with Gasteiger partial charge in [-0.05, 0) is 6.07 Å². The number of nitrogens with zero attached hydrogens (tertiary/aromatic N) is 2. The molecule has 0 radical (unpaired) electrons. The Hall–Kier alpha value is -1.86. The molecule has 3 heterocycles. The second-order valence-electron chi connectivity index (χ2n) is 4.03. The fourth-order valence-electron chi connectivity index (χ4n) is 2.08. The summed E-state index contributed by atoms with van der Waals surface area (Å²) < 4.78 is 29.5. The monoisotopic (exact) mass is 298 g/mol. The molecule has 3 aromatic heterocycles. The van der Waals surface area contributed by atoms with Crippen molar-refractivity contribution in [2.75, 3.05) is 0 Å². The van der Waals surface area contributed by atoms with Gasteiger partial charge in [-0.15, -0.1) is 0 Å². The largest absolute Gasteiger partial charge is 0.430 e. The van der Waals surface area contributed by atoms with Gasteiger partial charge in [0, 0.05) is 34.7 Å². The molecule has 0 fully saturated rings. The fourth-order valence-corrected chi connectivity index (χ4v) is 3.18. The lowest BCUT2D eigenvalue weighted by molar-refractivity contribution is 0.518. The van der Waals surface area contributed by atoms with Crippen LogP contribution in [0.15, 0.2) is 38.8 Å². The summed E-state index contributed by atoms with van der Waals surface area (Å²) in [6.45, 7) is 0. The first-order valence-corrected chi connectivity index (χ1v) is 7.51. The predicted octanol–water partition coefficient (Wildman–Crippen LogP) is 1.61. The second-order valence-corrected chi connectivity index (χ2v) is 6.57. The number of hydrogen-bond donors (Lipinski definition) is 0. The number of aryl methyl sites for hydroxylation is 1. The molecule has 0 spiro atoms. The minimum Gasteiger partial charge on any atom is -0.430 e. The molecule has 0 amide bonds. The molecule has 98 valence electrons. The average Bonchev–Trinajstić information content (AvgIpc) is 2.68. The first-order chi connectivity index (χ1) is 8.89. The van der Waals surface area contributed by atoms with Crippen LogP contribution in [0.3, 0.4) is 0 Å². The van der Waals surface area contributed by atoms with Crippen LogP contribution in [-0.2, 0) is 16.1 Å². The number of hydrogen-bond acceptors (Lipinski definition) is 5. The van der Waals surface area contributed by atoms with E-state index in [2.05, 4.69) is 4.98 Å². The van der Waals surface area contributed by atoms with Crippen LogP contribution < -0.4 is 5.63 Å². The van der Waals surface area contributed by atoms with Gasteiger partial charge in [0.25, 0.3) is 9.05 Å². The third-order valence-corrected chi connectivity index (χ3v) is 4.23. The second kappa shape index (κ2) is 3.82. The maximum Gasteiger partial charge on any atom is 0.362 e. The quantitative estimate of drug-likeness (QED) is 0.637. The zero-order valence-corrected chi connectivity index (χ0v) is 11.2. The summed E-state index contributed by atoms with van der Waals surface area (Å²) in [7, 11) is 3.18. The van der Waals surface area contributed by atoms with E-state index in [1.807, 2.05) is 0 Å². The molecule has 8 heteroatoms. The summed E-state index contributed by atoms with van der Waals surface area (Å²) in [5.74, 6) is 0. The number of pyridine rings is 1. The standard InChI is InChI=1S/C11H7ClN2O4S/c1-14-5-8(19(12,16)17)9-6-2-3-18-11(15)10(6)13-4-7(9)14/h2-5H,1H3. The molecule has 3 rings (SSSR count). The number of aromatic nitrogens is 2. The summed E-state index contributed by atoms with van der Waals surface area (Å²) in [6.07, 6.45) is 4.01. The maximum absolute atomic E-state index is 11.6. The molecule has 6 nitrogen and oxygen atoms in total. The Morgan fingerprint density at radius 2 is 2.16 bits per heavy atom. The van der Waals surface area contributed by atoms with Crippen LogP contribution in [0.5, 0.6) is 0 Å². The van der Waals surface area contributed by atoms with E-state index in [4.69, 9.17) is 15.1 Å². The van der Waals surface area contributed by atoms with Crippen molar-refractivity contribution in [3.63, 3.8) is 0 Å². The van der Waals surface area contributed by atoms with Gasteiger partial charge in [-0.2, -0.15) is 0 Å². The third kappa shape index (κ3) is 1.73. The van der Waals surface area contributed by atoms with Crippen molar-refractivity contribution in [1.29, 1.82) is 0 Å². The molecule has 0 aliphatic rings. The average molecular weight is 299 g/mol. The highest BCUT2D eigenvalue weighted by molar-refractivity contribution is 8.14. The molecule has 0 aromatic carbocycles. The van der Waals surface area contributed by atoms with E-state index >= 15 is 0 Å². The lowest BCUT2D eigenvalue weighted by Gasteiger charge is -2.00. The van der Waals surface area contributed by atoms with Gasteiger partial charge >= 0.3 is 5.63 Å². The Morgan fingerprint density at radius 3 is 2.84 bits per heavy atom. The van der Waals surface area contributed by atoms with Gasteiger partial charge in [0.05, 0.1) is 18.0 Å². The summed E-state index contributed by atoms with van der Waals surface area (Å²) >= 11 is 0. The zero-order chi connectivity index (χ0) is 13.8. The molecule has 0 N–H and O–H groups in total. The molecular formula is C11H7ClN2O4S. The fraction of sp³-hybridized carbons (Fsp3) is 0.0909. The van der Waals surface area contributed by atoms with Gasteiger partial charge in [0.15, 0.2) is 5.52 Å². The minimum atomic E-state index is -3.92. The van der Waals surface area contributed by atoms with E-state index in [1.54, 1.807) is 11.6 Å². The summed E-state index contributed by atoms with van der Waals surface area (Å²) in [5.41, 5.74) is 0.0151. The molecule has 0 saturated carbocycles. The van der Waals surface area contributed by atoms with E-state index < -0.39 is 14.7 Å². The predicted molar refractivity (Wildman–Crippen MR) is 69.8 cm³/mol. The van der Waals surface area contributed by atoms with Crippen LogP contribution in [0.25, 0.3) is 21.8 Å². The Kier molecular flexibility index (Phi) is 2.45. The van der Waals surface area contributed by atoms with Crippen molar-refractivity contribution in [1.82, 2.24) is 9.55 Å².